The number of nitrogens with zero attached hydrogens (tertiary/aromatic N) is 5. The molecule has 0 spiro atoms. The van der Waals surface area contributed by atoms with E-state index in [1.165, 1.54) is 12.1 Å². The Morgan fingerprint density at radius 1 is 1.21 bits per heavy atom. The zero-order chi connectivity index (χ0) is 33.9. The number of nitrogen functional groups attached to an aromatic ring is 1. The van der Waals surface area contributed by atoms with E-state index in [0.717, 1.165) is 17.4 Å². The number of rotatable bonds is 5. The van der Waals surface area contributed by atoms with E-state index in [1.807, 2.05) is 24.9 Å². The molecule has 4 heterocycles. The van der Waals surface area contributed by atoms with Gasteiger partial charge in [0.2, 0.25) is 0 Å². The second kappa shape index (κ2) is 11.9. The number of alkyl halides is 3. The molecule has 248 valence electrons. The van der Waals surface area contributed by atoms with Gasteiger partial charge < -0.3 is 25.4 Å². The lowest BCUT2D eigenvalue weighted by molar-refractivity contribution is -0.137. The predicted octanol–water partition coefficient (Wildman–Crippen LogP) is 7.05. The van der Waals surface area contributed by atoms with Gasteiger partial charge in [-0.25, -0.2) is 8.78 Å². The molecule has 2 atom stereocenters. The van der Waals surface area contributed by atoms with E-state index in [2.05, 4.69) is 9.97 Å². The maximum atomic E-state index is 16.9. The number of aliphatic hydroxyl groups is 1. The van der Waals surface area contributed by atoms with Crippen molar-refractivity contribution in [3.63, 3.8) is 0 Å². The number of aromatic nitrogens is 2. The lowest BCUT2D eigenvalue weighted by Crippen LogP contribution is -2.46. The first-order valence-electron chi connectivity index (χ1n) is 15.1. The number of hydrogen-bond acceptors (Lipinski definition) is 9. The van der Waals surface area contributed by atoms with Crippen LogP contribution >= 0.6 is 11.3 Å². The zero-order valence-electron chi connectivity index (χ0n) is 26.0. The Bertz CT molecular complexity index is 1950. The Labute approximate surface area is 271 Å². The van der Waals surface area contributed by atoms with Gasteiger partial charge in [0, 0.05) is 52.6 Å². The van der Waals surface area contributed by atoms with Gasteiger partial charge in [-0.1, -0.05) is 19.1 Å². The summed E-state index contributed by atoms with van der Waals surface area (Å²) in [6, 6.07) is 6.86. The minimum absolute atomic E-state index is 0.0243. The summed E-state index contributed by atoms with van der Waals surface area (Å²) in [6.45, 7) is 4.84. The van der Waals surface area contributed by atoms with Crippen molar-refractivity contribution in [2.45, 2.75) is 44.9 Å². The second-order valence-electron chi connectivity index (χ2n) is 13.0. The normalized spacial score (nSPS) is 23.5. The molecule has 0 radical (unpaired) electrons. The van der Waals surface area contributed by atoms with Gasteiger partial charge in [0.05, 0.1) is 23.1 Å². The SMILES string of the molecule is CN1CC/C(=C\F)[C@](C)(COc2nc(N3CCC[C@@](C)(O)C3)c3cc(C(F)(F)F)c(-c4cccc5sc(N)c(C#N)c45)c(F)c3n2)C1. The van der Waals surface area contributed by atoms with Crippen molar-refractivity contribution >= 4 is 43.1 Å². The van der Waals surface area contributed by atoms with Crippen LogP contribution in [0.2, 0.25) is 0 Å². The van der Waals surface area contributed by atoms with Gasteiger partial charge in [-0.15, -0.1) is 11.3 Å². The average Bonchev–Trinajstić information content (AvgIpc) is 3.34. The zero-order valence-corrected chi connectivity index (χ0v) is 26.8. The van der Waals surface area contributed by atoms with Gasteiger partial charge in [-0.05, 0) is 56.5 Å². The molecule has 0 saturated carbocycles. The number of anilines is 2. The molecule has 4 aromatic rings. The maximum Gasteiger partial charge on any atom is 0.417 e. The molecule has 0 bridgehead atoms. The number of likely N-dealkylation sites (tertiary alicyclic amines) is 1. The van der Waals surface area contributed by atoms with Crippen LogP contribution in [0.5, 0.6) is 6.01 Å². The second-order valence-corrected chi connectivity index (χ2v) is 14.0. The van der Waals surface area contributed by atoms with E-state index in [0.29, 0.717) is 55.5 Å². The van der Waals surface area contributed by atoms with Crippen LogP contribution in [-0.4, -0.2) is 65.4 Å². The quantitative estimate of drug-likeness (QED) is 0.217. The molecule has 8 nitrogen and oxygen atoms in total. The van der Waals surface area contributed by atoms with E-state index in [9.17, 15) is 27.9 Å². The summed E-state index contributed by atoms with van der Waals surface area (Å²) in [5, 5.41) is 20.7. The van der Waals surface area contributed by atoms with Crippen LogP contribution in [0.15, 0.2) is 36.2 Å². The topological polar surface area (TPSA) is 112 Å². The van der Waals surface area contributed by atoms with Crippen LogP contribution in [-0.2, 0) is 6.18 Å². The van der Waals surface area contributed by atoms with Crippen molar-refractivity contribution in [2.24, 2.45) is 5.41 Å². The average molecular weight is 673 g/mol. The lowest BCUT2D eigenvalue weighted by Gasteiger charge is -2.40. The third kappa shape index (κ3) is 5.96. The predicted molar refractivity (Wildman–Crippen MR) is 171 cm³/mol. The molecule has 14 heteroatoms. The van der Waals surface area contributed by atoms with Crippen LogP contribution in [0.3, 0.4) is 0 Å². The monoisotopic (exact) mass is 672 g/mol. The highest BCUT2D eigenvalue weighted by Crippen LogP contribution is 2.48. The molecule has 6 rings (SSSR count). The van der Waals surface area contributed by atoms with Crippen LogP contribution < -0.4 is 15.4 Å². The van der Waals surface area contributed by atoms with Crippen LogP contribution in [0.25, 0.3) is 32.1 Å². The largest absolute Gasteiger partial charge is 0.462 e. The van der Waals surface area contributed by atoms with Gasteiger partial charge in [-0.3, -0.25) is 0 Å². The molecule has 0 amide bonds. The van der Waals surface area contributed by atoms with E-state index in [1.54, 1.807) is 17.9 Å². The number of nitriles is 1. The molecule has 0 unspecified atom stereocenters. The first kappa shape index (κ1) is 32.9. The number of fused-ring (bicyclic) bond motifs is 2. The Hall–Kier alpha value is -4.06. The fourth-order valence-corrected chi connectivity index (χ4v) is 7.76. The van der Waals surface area contributed by atoms with Crippen molar-refractivity contribution in [3.05, 3.63) is 53.1 Å². The molecule has 0 aliphatic carbocycles. The number of ether oxygens (including phenoxy) is 1. The third-order valence-corrected chi connectivity index (χ3v) is 10.1. The smallest absolute Gasteiger partial charge is 0.417 e. The summed E-state index contributed by atoms with van der Waals surface area (Å²) in [6.07, 6.45) is -3.01. The fraction of sp³-hybridized carbons (Fsp3) is 0.424. The van der Waals surface area contributed by atoms with Crippen molar-refractivity contribution in [2.75, 3.05) is 50.5 Å². The summed E-state index contributed by atoms with van der Waals surface area (Å²) in [7, 11) is 1.90. The number of halogens is 5. The molecule has 2 aliphatic heterocycles. The fourth-order valence-electron chi connectivity index (χ4n) is 6.81. The molecule has 2 aromatic heterocycles. The van der Waals surface area contributed by atoms with E-state index in [4.69, 9.17) is 10.5 Å². The number of β-amino-alcohol motifs (C(OH)–C–C–N with tert-alkyl or cyclic N) is 1. The maximum absolute atomic E-state index is 16.9. The van der Waals surface area contributed by atoms with Gasteiger partial charge >= 0.3 is 12.2 Å². The highest BCUT2D eigenvalue weighted by Gasteiger charge is 2.40. The number of piperidine rings is 2. The Morgan fingerprint density at radius 3 is 2.66 bits per heavy atom. The lowest BCUT2D eigenvalue weighted by atomic mass is 9.78. The summed E-state index contributed by atoms with van der Waals surface area (Å²) in [5.41, 5.74) is 1.92. The molecule has 47 heavy (non-hydrogen) atoms. The van der Waals surface area contributed by atoms with Crippen LogP contribution in [0.4, 0.5) is 32.8 Å². The molecule has 3 N–H and O–H groups in total. The number of hydrogen-bond donors (Lipinski definition) is 2. The number of benzene rings is 2. The minimum atomic E-state index is -5.02. The van der Waals surface area contributed by atoms with E-state index < -0.39 is 39.7 Å². The molecule has 2 aromatic carbocycles. The van der Waals surface area contributed by atoms with Crippen LogP contribution in [0.1, 0.15) is 44.2 Å². The molecule has 2 saturated heterocycles. The summed E-state index contributed by atoms with van der Waals surface area (Å²) in [4.78, 5) is 12.4. The summed E-state index contributed by atoms with van der Waals surface area (Å²) < 4.78 is 81.9. The number of thiophene rings is 1. The molecule has 2 aliphatic rings. The van der Waals surface area contributed by atoms with Crippen molar-refractivity contribution < 1.29 is 31.8 Å². The van der Waals surface area contributed by atoms with Gasteiger partial charge in [0.25, 0.3) is 0 Å². The third-order valence-electron chi connectivity index (χ3n) is 9.10. The molecular weight excluding hydrogens is 639 g/mol. The number of nitrogens with two attached hydrogens (primary N) is 1. The van der Waals surface area contributed by atoms with Crippen molar-refractivity contribution in [3.8, 4) is 23.2 Å². The van der Waals surface area contributed by atoms with Gasteiger partial charge in [0.15, 0.2) is 5.82 Å². The van der Waals surface area contributed by atoms with Crippen molar-refractivity contribution in [1.82, 2.24) is 14.9 Å². The van der Waals surface area contributed by atoms with Crippen LogP contribution in [0, 0.1) is 22.6 Å². The Kier molecular flexibility index (Phi) is 8.30. The molecular formula is C33H33F5N6O2S. The first-order valence-corrected chi connectivity index (χ1v) is 15.9. The first-order chi connectivity index (χ1) is 22.2. The summed E-state index contributed by atoms with van der Waals surface area (Å²) >= 11 is 1.02. The van der Waals surface area contributed by atoms with Crippen molar-refractivity contribution in [1.29, 1.82) is 5.26 Å². The standard InChI is InChI=1S/C33H33F5N6O2S/c1-31(15-43(3)11-8-18(31)13-34)17-46-30-41-27-20(29(42-30)44-10-5-9-32(2,45)16-44)12-22(33(36,37)38)25(26(27)35)19-6-4-7-23-24(19)21(14-39)28(40)47-23/h4,6-7,12-13,45H,5,8-11,15-17,40H2,1-3H3/b18-13+/t31-,32+/m0/s1. The Morgan fingerprint density at radius 2 is 1.98 bits per heavy atom. The summed E-state index contributed by atoms with van der Waals surface area (Å²) in [5.74, 6) is -1.30. The molecule has 2 fully saturated rings. The van der Waals surface area contributed by atoms with E-state index >= 15 is 4.39 Å². The minimum Gasteiger partial charge on any atom is -0.462 e. The van der Waals surface area contributed by atoms with E-state index in [-0.39, 0.29) is 51.9 Å². The Balaban J connectivity index is 1.60. The van der Waals surface area contributed by atoms with Gasteiger partial charge in [0.1, 0.15) is 29.0 Å². The highest BCUT2D eigenvalue weighted by molar-refractivity contribution is 7.23. The van der Waals surface area contributed by atoms with Gasteiger partial charge in [-0.2, -0.15) is 28.4 Å². The highest BCUT2D eigenvalue weighted by atomic mass is 32.1.